The van der Waals surface area contributed by atoms with Gasteiger partial charge < -0.3 is 15.2 Å². The van der Waals surface area contributed by atoms with Crippen LogP contribution in [0.15, 0.2) is 30.3 Å². The Balaban J connectivity index is 2.36. The Labute approximate surface area is 109 Å². The molecule has 0 aliphatic rings. The molecule has 1 atom stereocenters. The summed E-state index contributed by atoms with van der Waals surface area (Å²) in [7, 11) is 1.68. The number of para-hydroxylation sites is 1. The first-order valence-corrected chi connectivity index (χ1v) is 6.41. The van der Waals surface area contributed by atoms with Crippen LogP contribution >= 0.6 is 0 Å². The van der Waals surface area contributed by atoms with Crippen molar-refractivity contribution in [1.29, 1.82) is 0 Å². The van der Waals surface area contributed by atoms with Crippen LogP contribution < -0.4 is 10.1 Å². The zero-order valence-corrected chi connectivity index (χ0v) is 11.2. The average Bonchev–Trinajstić information content (AvgIpc) is 2.41. The molecule has 3 nitrogen and oxygen atoms in total. The third kappa shape index (κ3) is 5.34. The fourth-order valence-electron chi connectivity index (χ4n) is 1.76. The van der Waals surface area contributed by atoms with Crippen molar-refractivity contribution in [2.24, 2.45) is 0 Å². The number of aliphatic hydroxyl groups is 1. The van der Waals surface area contributed by atoms with Crippen molar-refractivity contribution in [3.63, 3.8) is 0 Å². The van der Waals surface area contributed by atoms with Crippen molar-refractivity contribution in [1.82, 2.24) is 5.32 Å². The zero-order valence-electron chi connectivity index (χ0n) is 11.2. The van der Waals surface area contributed by atoms with Crippen molar-refractivity contribution < 1.29 is 9.84 Å². The number of benzene rings is 1. The van der Waals surface area contributed by atoms with E-state index < -0.39 is 0 Å². The van der Waals surface area contributed by atoms with E-state index in [1.807, 2.05) is 24.3 Å². The van der Waals surface area contributed by atoms with E-state index in [-0.39, 0.29) is 6.61 Å². The van der Waals surface area contributed by atoms with Crippen molar-refractivity contribution >= 4 is 6.08 Å². The maximum atomic E-state index is 8.74. The summed E-state index contributed by atoms with van der Waals surface area (Å²) >= 11 is 0. The quantitative estimate of drug-likeness (QED) is 0.743. The number of aliphatic hydroxyl groups excluding tert-OH is 1. The Hall–Kier alpha value is -1.32. The molecule has 3 heteroatoms. The highest BCUT2D eigenvalue weighted by Gasteiger charge is 1.99. The summed E-state index contributed by atoms with van der Waals surface area (Å²) in [5.41, 5.74) is 1.09. The molecule has 0 radical (unpaired) electrons. The van der Waals surface area contributed by atoms with E-state index in [4.69, 9.17) is 9.84 Å². The van der Waals surface area contributed by atoms with Crippen LogP contribution in [0.25, 0.3) is 6.08 Å². The smallest absolute Gasteiger partial charge is 0.126 e. The molecule has 0 aliphatic carbocycles. The van der Waals surface area contributed by atoms with Gasteiger partial charge in [-0.25, -0.2) is 0 Å². The molecule has 0 amide bonds. The van der Waals surface area contributed by atoms with Gasteiger partial charge in [0.25, 0.3) is 0 Å². The first-order valence-electron chi connectivity index (χ1n) is 6.41. The number of nitrogens with one attached hydrogen (secondary N) is 1. The summed E-state index contributed by atoms with van der Waals surface area (Å²) in [5.74, 6) is 0.891. The highest BCUT2D eigenvalue weighted by molar-refractivity contribution is 5.57. The Morgan fingerprint density at radius 1 is 1.39 bits per heavy atom. The van der Waals surface area contributed by atoms with Gasteiger partial charge in [-0.2, -0.15) is 0 Å². The molecule has 0 saturated heterocycles. The summed E-state index contributed by atoms with van der Waals surface area (Å²) < 4.78 is 5.28. The van der Waals surface area contributed by atoms with E-state index in [0.717, 1.165) is 30.7 Å². The predicted octanol–water partition coefficient (Wildman–Crippen LogP) is 2.46. The van der Waals surface area contributed by atoms with Gasteiger partial charge in [0.1, 0.15) is 5.75 Å². The standard InChI is InChI=1S/C15H23NO2/c1-13(7-6-12-17)16-11-5-9-14-8-3-4-10-15(14)18-2/h3-5,8-10,13,16-17H,6-7,11-12H2,1-2H3/b9-5+. The molecule has 1 aromatic rings. The molecule has 0 heterocycles. The molecular weight excluding hydrogens is 226 g/mol. The van der Waals surface area contributed by atoms with Crippen molar-refractivity contribution in [2.45, 2.75) is 25.8 Å². The lowest BCUT2D eigenvalue weighted by molar-refractivity contribution is 0.277. The first kappa shape index (κ1) is 14.7. The van der Waals surface area contributed by atoms with Crippen molar-refractivity contribution in [3.05, 3.63) is 35.9 Å². The topological polar surface area (TPSA) is 41.5 Å². The fourth-order valence-corrected chi connectivity index (χ4v) is 1.76. The molecule has 0 saturated carbocycles. The lowest BCUT2D eigenvalue weighted by Gasteiger charge is -2.10. The number of hydrogen-bond acceptors (Lipinski definition) is 3. The van der Waals surface area contributed by atoms with E-state index in [1.165, 1.54) is 0 Å². The van der Waals surface area contributed by atoms with Crippen LogP contribution in [-0.4, -0.2) is 31.4 Å². The van der Waals surface area contributed by atoms with E-state index in [1.54, 1.807) is 7.11 Å². The van der Waals surface area contributed by atoms with Crippen LogP contribution in [0.4, 0.5) is 0 Å². The molecule has 1 unspecified atom stereocenters. The van der Waals surface area contributed by atoms with E-state index in [0.29, 0.717) is 6.04 Å². The third-order valence-electron chi connectivity index (χ3n) is 2.82. The second-order valence-corrected chi connectivity index (χ2v) is 4.32. The Morgan fingerprint density at radius 3 is 2.89 bits per heavy atom. The molecule has 2 N–H and O–H groups in total. The summed E-state index contributed by atoms with van der Waals surface area (Å²) in [6, 6.07) is 8.38. The second kappa shape index (κ2) is 8.72. The minimum absolute atomic E-state index is 0.267. The molecule has 0 bridgehead atoms. The number of ether oxygens (including phenoxy) is 1. The highest BCUT2D eigenvalue weighted by Crippen LogP contribution is 2.18. The largest absolute Gasteiger partial charge is 0.496 e. The normalized spacial score (nSPS) is 12.8. The molecule has 1 rings (SSSR count). The minimum Gasteiger partial charge on any atom is -0.496 e. The highest BCUT2D eigenvalue weighted by atomic mass is 16.5. The molecular formula is C15H23NO2. The fraction of sp³-hybridized carbons (Fsp3) is 0.467. The molecule has 18 heavy (non-hydrogen) atoms. The molecule has 100 valence electrons. The third-order valence-corrected chi connectivity index (χ3v) is 2.82. The molecule has 0 aromatic heterocycles. The van der Waals surface area contributed by atoms with E-state index >= 15 is 0 Å². The summed E-state index contributed by atoms with van der Waals surface area (Å²) in [6.45, 7) is 3.22. The van der Waals surface area contributed by atoms with Gasteiger partial charge >= 0.3 is 0 Å². The van der Waals surface area contributed by atoms with Crippen molar-refractivity contribution in [3.8, 4) is 5.75 Å². The predicted molar refractivity (Wildman–Crippen MR) is 75.8 cm³/mol. The maximum absolute atomic E-state index is 8.74. The van der Waals surface area contributed by atoms with E-state index in [9.17, 15) is 0 Å². The average molecular weight is 249 g/mol. The molecule has 0 spiro atoms. The van der Waals surface area contributed by atoms with Gasteiger partial charge in [-0.05, 0) is 25.8 Å². The molecule has 0 aliphatic heterocycles. The van der Waals surface area contributed by atoms with Gasteiger partial charge in [0.05, 0.1) is 7.11 Å². The van der Waals surface area contributed by atoms with Gasteiger partial charge in [-0.1, -0.05) is 30.4 Å². The zero-order chi connectivity index (χ0) is 13.2. The number of hydrogen-bond donors (Lipinski definition) is 2. The molecule has 1 aromatic carbocycles. The van der Waals surface area contributed by atoms with Gasteiger partial charge in [-0.3, -0.25) is 0 Å². The Morgan fingerprint density at radius 2 is 2.17 bits per heavy atom. The Bertz CT molecular complexity index is 363. The van der Waals surface area contributed by atoms with Gasteiger partial charge in [0.15, 0.2) is 0 Å². The van der Waals surface area contributed by atoms with Crippen LogP contribution in [0.3, 0.4) is 0 Å². The molecule has 0 fully saturated rings. The summed E-state index contributed by atoms with van der Waals surface area (Å²) in [5, 5.41) is 12.1. The minimum atomic E-state index is 0.267. The number of methoxy groups -OCH3 is 1. The van der Waals surface area contributed by atoms with Gasteiger partial charge in [0.2, 0.25) is 0 Å². The Kier molecular flexibility index (Phi) is 7.14. The van der Waals surface area contributed by atoms with Gasteiger partial charge in [0, 0.05) is 24.8 Å². The van der Waals surface area contributed by atoms with Crippen LogP contribution in [0, 0.1) is 0 Å². The monoisotopic (exact) mass is 249 g/mol. The van der Waals surface area contributed by atoms with E-state index in [2.05, 4.69) is 24.4 Å². The summed E-state index contributed by atoms with van der Waals surface area (Å²) in [6.07, 6.45) is 6.00. The lowest BCUT2D eigenvalue weighted by Crippen LogP contribution is -2.26. The SMILES string of the molecule is COc1ccccc1/C=C/CNC(C)CCCO. The van der Waals surface area contributed by atoms with Crippen LogP contribution in [-0.2, 0) is 0 Å². The number of rotatable bonds is 8. The lowest BCUT2D eigenvalue weighted by atomic mass is 10.1. The maximum Gasteiger partial charge on any atom is 0.126 e. The van der Waals surface area contributed by atoms with Crippen LogP contribution in [0.5, 0.6) is 5.75 Å². The van der Waals surface area contributed by atoms with Crippen molar-refractivity contribution in [2.75, 3.05) is 20.3 Å². The first-order chi connectivity index (χ1) is 8.77. The van der Waals surface area contributed by atoms with Gasteiger partial charge in [-0.15, -0.1) is 0 Å². The second-order valence-electron chi connectivity index (χ2n) is 4.32. The van der Waals surface area contributed by atoms with Crippen LogP contribution in [0.2, 0.25) is 0 Å². The van der Waals surface area contributed by atoms with Crippen LogP contribution in [0.1, 0.15) is 25.3 Å². The summed E-state index contributed by atoms with van der Waals surface area (Å²) in [4.78, 5) is 0.